The van der Waals surface area contributed by atoms with Gasteiger partial charge < -0.3 is 9.64 Å². The number of hydrogen-bond acceptors (Lipinski definition) is 4. The van der Waals surface area contributed by atoms with Gasteiger partial charge in [-0.2, -0.15) is 0 Å². The molecule has 1 aromatic carbocycles. The fourth-order valence-corrected chi connectivity index (χ4v) is 2.95. The predicted molar refractivity (Wildman–Crippen MR) is 89.5 cm³/mol. The molecule has 1 unspecified atom stereocenters. The number of hydrogen-bond donors (Lipinski definition) is 0. The number of nitrogens with zero attached hydrogens (tertiary/aromatic N) is 2. The second kappa shape index (κ2) is 7.40. The summed E-state index contributed by atoms with van der Waals surface area (Å²) in [6, 6.07) is 8.03. The van der Waals surface area contributed by atoms with Crippen LogP contribution < -0.4 is 4.74 Å². The molecule has 1 aromatic heterocycles. The van der Waals surface area contributed by atoms with Gasteiger partial charge in [-0.25, -0.2) is 4.98 Å². The van der Waals surface area contributed by atoms with Gasteiger partial charge in [0.15, 0.2) is 0 Å². The lowest BCUT2D eigenvalue weighted by atomic mass is 10.0. The maximum atomic E-state index is 12.4. The number of rotatable bonds is 6. The lowest BCUT2D eigenvalue weighted by molar-refractivity contribution is -0.130. The van der Waals surface area contributed by atoms with Crippen LogP contribution in [0.2, 0.25) is 0 Å². The van der Waals surface area contributed by atoms with Gasteiger partial charge in [0.25, 0.3) is 0 Å². The lowest BCUT2D eigenvalue weighted by Gasteiger charge is -2.25. The van der Waals surface area contributed by atoms with E-state index in [4.69, 9.17) is 4.74 Å². The van der Waals surface area contributed by atoms with E-state index in [1.807, 2.05) is 43.6 Å². The van der Waals surface area contributed by atoms with Crippen LogP contribution in [0.25, 0.3) is 0 Å². The van der Waals surface area contributed by atoms with Gasteiger partial charge in [-0.05, 0) is 31.9 Å². The van der Waals surface area contributed by atoms with Crippen molar-refractivity contribution in [2.45, 2.75) is 32.7 Å². The summed E-state index contributed by atoms with van der Waals surface area (Å²) in [5.74, 6) is 0.957. The Labute approximate surface area is 135 Å². The molecule has 22 heavy (non-hydrogen) atoms. The van der Waals surface area contributed by atoms with Crippen LogP contribution in [0.5, 0.6) is 5.75 Å². The van der Waals surface area contributed by atoms with E-state index in [0.717, 1.165) is 28.4 Å². The van der Waals surface area contributed by atoms with Crippen molar-refractivity contribution in [2.24, 2.45) is 0 Å². The van der Waals surface area contributed by atoms with Crippen molar-refractivity contribution in [1.82, 2.24) is 9.88 Å². The summed E-state index contributed by atoms with van der Waals surface area (Å²) in [6.07, 6.45) is 1.12. The van der Waals surface area contributed by atoms with Crippen molar-refractivity contribution >= 4 is 17.2 Å². The van der Waals surface area contributed by atoms with E-state index in [-0.39, 0.29) is 11.9 Å². The molecule has 118 valence electrons. The zero-order valence-electron chi connectivity index (χ0n) is 13.5. The van der Waals surface area contributed by atoms with Crippen molar-refractivity contribution in [2.75, 3.05) is 14.2 Å². The van der Waals surface area contributed by atoms with Crippen molar-refractivity contribution < 1.29 is 9.53 Å². The molecule has 1 atom stereocenters. The van der Waals surface area contributed by atoms with E-state index in [1.54, 1.807) is 23.3 Å². The topological polar surface area (TPSA) is 42.4 Å². The van der Waals surface area contributed by atoms with Gasteiger partial charge in [0, 0.05) is 18.5 Å². The standard InChI is InChI=1S/C17H22N2O2S/c1-12(9-14-7-5-6-8-16(14)21-4)19(3)17(20)10-15-11-22-13(2)18-15/h5-8,11-12H,9-10H2,1-4H3. The SMILES string of the molecule is COc1ccccc1CC(C)N(C)C(=O)Cc1csc(C)n1. The number of aryl methyl sites for hydroxylation is 1. The van der Waals surface area contributed by atoms with Crippen molar-refractivity contribution in [3.63, 3.8) is 0 Å². The number of likely N-dealkylation sites (N-methyl/N-ethyl adjacent to an activating group) is 1. The fourth-order valence-electron chi connectivity index (χ4n) is 2.34. The van der Waals surface area contributed by atoms with E-state index < -0.39 is 0 Å². The number of carbonyl (C=O) groups is 1. The number of thiazole rings is 1. The fraction of sp³-hybridized carbons (Fsp3) is 0.412. The molecule has 0 aliphatic carbocycles. The summed E-state index contributed by atoms with van der Waals surface area (Å²) >= 11 is 1.58. The first kappa shape index (κ1) is 16.5. The smallest absolute Gasteiger partial charge is 0.228 e. The normalized spacial score (nSPS) is 12.0. The molecule has 0 saturated heterocycles. The molecule has 0 bridgehead atoms. The van der Waals surface area contributed by atoms with E-state index in [1.165, 1.54) is 0 Å². The van der Waals surface area contributed by atoms with Gasteiger partial charge in [-0.15, -0.1) is 11.3 Å². The van der Waals surface area contributed by atoms with E-state index in [2.05, 4.69) is 11.9 Å². The number of benzene rings is 1. The minimum atomic E-state index is 0.0905. The van der Waals surface area contributed by atoms with E-state index in [0.29, 0.717) is 6.42 Å². The van der Waals surface area contributed by atoms with Crippen LogP contribution >= 0.6 is 11.3 Å². The summed E-state index contributed by atoms with van der Waals surface area (Å²) in [7, 11) is 3.52. The van der Waals surface area contributed by atoms with Gasteiger partial charge in [0.2, 0.25) is 5.91 Å². The first-order valence-corrected chi connectivity index (χ1v) is 8.17. The molecule has 0 fully saturated rings. The molecule has 0 spiro atoms. The minimum Gasteiger partial charge on any atom is -0.496 e. The Morgan fingerprint density at radius 3 is 2.77 bits per heavy atom. The summed E-state index contributed by atoms with van der Waals surface area (Å²) in [5, 5.41) is 2.94. The Morgan fingerprint density at radius 1 is 1.41 bits per heavy atom. The quantitative estimate of drug-likeness (QED) is 0.822. The second-order valence-electron chi connectivity index (χ2n) is 5.40. The minimum absolute atomic E-state index is 0.0905. The third kappa shape index (κ3) is 4.07. The second-order valence-corrected chi connectivity index (χ2v) is 6.47. The van der Waals surface area contributed by atoms with Crippen molar-refractivity contribution in [3.8, 4) is 5.75 Å². The van der Waals surface area contributed by atoms with Gasteiger partial charge >= 0.3 is 0 Å². The Morgan fingerprint density at radius 2 is 2.14 bits per heavy atom. The summed E-state index contributed by atoms with van der Waals surface area (Å²) in [4.78, 5) is 18.5. The maximum absolute atomic E-state index is 12.4. The third-order valence-electron chi connectivity index (χ3n) is 3.76. The van der Waals surface area contributed by atoms with Gasteiger partial charge in [-0.3, -0.25) is 4.79 Å². The van der Waals surface area contributed by atoms with Crippen molar-refractivity contribution in [1.29, 1.82) is 0 Å². The van der Waals surface area contributed by atoms with Gasteiger partial charge in [0.05, 0.1) is 24.2 Å². The van der Waals surface area contributed by atoms with Crippen LogP contribution in [0.4, 0.5) is 0 Å². The molecule has 0 N–H and O–H groups in total. The molecule has 2 rings (SSSR count). The predicted octanol–water partition coefficient (Wildman–Crippen LogP) is 3.09. The third-order valence-corrected chi connectivity index (χ3v) is 4.58. The highest BCUT2D eigenvalue weighted by Crippen LogP contribution is 2.20. The zero-order valence-corrected chi connectivity index (χ0v) is 14.3. The van der Waals surface area contributed by atoms with Crippen LogP contribution in [0.1, 0.15) is 23.2 Å². The number of aromatic nitrogens is 1. The lowest BCUT2D eigenvalue weighted by Crippen LogP contribution is -2.37. The Kier molecular flexibility index (Phi) is 5.55. The molecule has 4 nitrogen and oxygen atoms in total. The van der Waals surface area contributed by atoms with E-state index in [9.17, 15) is 4.79 Å². The molecule has 1 heterocycles. The molecule has 5 heteroatoms. The number of para-hydroxylation sites is 1. The highest BCUT2D eigenvalue weighted by molar-refractivity contribution is 7.09. The Balaban J connectivity index is 1.99. The Hall–Kier alpha value is -1.88. The average molecular weight is 318 g/mol. The van der Waals surface area contributed by atoms with Gasteiger partial charge in [-0.1, -0.05) is 18.2 Å². The van der Waals surface area contributed by atoms with Crippen LogP contribution in [-0.4, -0.2) is 36.0 Å². The maximum Gasteiger partial charge on any atom is 0.228 e. The number of ether oxygens (including phenoxy) is 1. The highest BCUT2D eigenvalue weighted by atomic mass is 32.1. The molecule has 0 saturated carbocycles. The van der Waals surface area contributed by atoms with Gasteiger partial charge in [0.1, 0.15) is 5.75 Å². The molecule has 2 aromatic rings. The summed E-state index contributed by atoms with van der Waals surface area (Å²) < 4.78 is 5.37. The van der Waals surface area contributed by atoms with Crippen LogP contribution in [-0.2, 0) is 17.6 Å². The van der Waals surface area contributed by atoms with Crippen molar-refractivity contribution in [3.05, 3.63) is 45.9 Å². The summed E-state index contributed by atoms with van der Waals surface area (Å²) in [5.41, 5.74) is 1.96. The molecule has 0 radical (unpaired) electrons. The molecular formula is C17H22N2O2S. The first-order valence-electron chi connectivity index (χ1n) is 7.29. The number of carbonyl (C=O) groups excluding carboxylic acids is 1. The van der Waals surface area contributed by atoms with Crippen LogP contribution in [0.3, 0.4) is 0 Å². The van der Waals surface area contributed by atoms with Crippen LogP contribution in [0, 0.1) is 6.92 Å². The molecule has 1 amide bonds. The number of amides is 1. The summed E-state index contributed by atoms with van der Waals surface area (Å²) in [6.45, 7) is 4.00. The largest absolute Gasteiger partial charge is 0.496 e. The average Bonchev–Trinajstić information content (AvgIpc) is 2.92. The molecule has 0 aliphatic heterocycles. The van der Waals surface area contributed by atoms with E-state index >= 15 is 0 Å². The molecular weight excluding hydrogens is 296 g/mol. The monoisotopic (exact) mass is 318 g/mol. The van der Waals surface area contributed by atoms with Crippen LogP contribution in [0.15, 0.2) is 29.6 Å². The number of methoxy groups -OCH3 is 1. The Bertz CT molecular complexity index is 639. The highest BCUT2D eigenvalue weighted by Gasteiger charge is 2.18. The zero-order chi connectivity index (χ0) is 16.1. The molecule has 0 aliphatic rings. The first-order chi connectivity index (χ1) is 10.5.